The molecule has 25 heavy (non-hydrogen) atoms. The number of amides is 1. The predicted octanol–water partition coefficient (Wildman–Crippen LogP) is 3.18. The number of nitrogens with one attached hydrogen (secondary N) is 2. The molecule has 1 amide bonds. The number of benzene rings is 2. The maximum Gasteiger partial charge on any atom is 0.252 e. The molecule has 0 fully saturated rings. The highest BCUT2D eigenvalue weighted by molar-refractivity contribution is 5.98. The number of nitriles is 1. The van der Waals surface area contributed by atoms with Gasteiger partial charge in [-0.15, -0.1) is 0 Å². The minimum atomic E-state index is -0.838. The van der Waals surface area contributed by atoms with Crippen LogP contribution in [0, 0.1) is 11.3 Å². The first-order valence-corrected chi connectivity index (χ1v) is 7.66. The fourth-order valence-electron chi connectivity index (χ4n) is 2.65. The van der Waals surface area contributed by atoms with E-state index in [2.05, 4.69) is 16.4 Å². The standard InChI is InChI=1S/C19H17N3O3/c1-24-14-4-5-15(18(10-14)25-2)17(11-20)22-19(23)13-3-6-16-12(9-13)7-8-21-16/h3-10,17,21H,1-2H3,(H,22,23)/t17-/m1/s1. The molecule has 126 valence electrons. The van der Waals surface area contributed by atoms with Gasteiger partial charge in [0.2, 0.25) is 0 Å². The van der Waals surface area contributed by atoms with E-state index < -0.39 is 6.04 Å². The van der Waals surface area contributed by atoms with E-state index in [4.69, 9.17) is 9.47 Å². The van der Waals surface area contributed by atoms with Gasteiger partial charge >= 0.3 is 0 Å². The third kappa shape index (κ3) is 3.26. The molecule has 0 saturated carbocycles. The van der Waals surface area contributed by atoms with Gasteiger partial charge in [-0.1, -0.05) is 0 Å². The summed E-state index contributed by atoms with van der Waals surface area (Å²) in [6.45, 7) is 0. The molecule has 0 spiro atoms. The van der Waals surface area contributed by atoms with E-state index in [-0.39, 0.29) is 5.91 Å². The number of H-pyrrole nitrogens is 1. The number of methoxy groups -OCH3 is 2. The normalized spacial score (nSPS) is 11.6. The molecule has 0 aliphatic rings. The average molecular weight is 335 g/mol. The Hall–Kier alpha value is -3.46. The van der Waals surface area contributed by atoms with Gasteiger partial charge in [0, 0.05) is 34.3 Å². The Labute approximate surface area is 145 Å². The summed E-state index contributed by atoms with van der Waals surface area (Å²) in [5, 5.41) is 13.2. The van der Waals surface area contributed by atoms with Crippen LogP contribution < -0.4 is 14.8 Å². The fraction of sp³-hybridized carbons (Fsp3) is 0.158. The lowest BCUT2D eigenvalue weighted by Crippen LogP contribution is -2.27. The molecule has 2 N–H and O–H groups in total. The number of ether oxygens (including phenoxy) is 2. The first kappa shape index (κ1) is 16.4. The van der Waals surface area contributed by atoms with Crippen molar-refractivity contribution < 1.29 is 14.3 Å². The summed E-state index contributed by atoms with van der Waals surface area (Å²) < 4.78 is 10.5. The van der Waals surface area contributed by atoms with E-state index in [0.717, 1.165) is 10.9 Å². The number of aromatic amines is 1. The largest absolute Gasteiger partial charge is 0.497 e. The average Bonchev–Trinajstić information content (AvgIpc) is 3.13. The molecule has 0 bridgehead atoms. The molecule has 0 unspecified atom stereocenters. The van der Waals surface area contributed by atoms with Gasteiger partial charge in [0.15, 0.2) is 0 Å². The lowest BCUT2D eigenvalue weighted by molar-refractivity contribution is 0.0945. The zero-order valence-corrected chi connectivity index (χ0v) is 13.9. The van der Waals surface area contributed by atoms with Crippen molar-refractivity contribution in [3.63, 3.8) is 0 Å². The Balaban J connectivity index is 1.86. The van der Waals surface area contributed by atoms with Gasteiger partial charge in [0.05, 0.1) is 20.3 Å². The maximum atomic E-state index is 12.5. The summed E-state index contributed by atoms with van der Waals surface area (Å²) in [7, 11) is 3.06. The van der Waals surface area contributed by atoms with E-state index in [0.29, 0.717) is 22.6 Å². The molecule has 0 aliphatic carbocycles. The van der Waals surface area contributed by atoms with Crippen molar-refractivity contribution in [2.75, 3.05) is 14.2 Å². The highest BCUT2D eigenvalue weighted by atomic mass is 16.5. The minimum Gasteiger partial charge on any atom is -0.497 e. The Kier molecular flexibility index (Phi) is 4.57. The lowest BCUT2D eigenvalue weighted by atomic mass is 10.1. The van der Waals surface area contributed by atoms with Gasteiger partial charge in [-0.2, -0.15) is 5.26 Å². The molecule has 1 aromatic heterocycles. The molecule has 3 aromatic rings. The molecule has 2 aromatic carbocycles. The van der Waals surface area contributed by atoms with Crippen LogP contribution in [0.15, 0.2) is 48.7 Å². The Morgan fingerprint density at radius 3 is 2.72 bits per heavy atom. The van der Waals surface area contributed by atoms with Gasteiger partial charge in [-0.3, -0.25) is 4.79 Å². The minimum absolute atomic E-state index is 0.326. The number of rotatable bonds is 5. The van der Waals surface area contributed by atoms with Crippen molar-refractivity contribution in [2.24, 2.45) is 0 Å². The van der Waals surface area contributed by atoms with Gasteiger partial charge < -0.3 is 19.8 Å². The van der Waals surface area contributed by atoms with Crippen LogP contribution in [0.2, 0.25) is 0 Å². The van der Waals surface area contributed by atoms with Crippen LogP contribution in [0.25, 0.3) is 10.9 Å². The monoisotopic (exact) mass is 335 g/mol. The van der Waals surface area contributed by atoms with E-state index >= 15 is 0 Å². The summed E-state index contributed by atoms with van der Waals surface area (Å²) >= 11 is 0. The van der Waals surface area contributed by atoms with E-state index in [9.17, 15) is 10.1 Å². The summed E-state index contributed by atoms with van der Waals surface area (Å²) in [6.07, 6.45) is 1.81. The molecule has 3 rings (SSSR count). The lowest BCUT2D eigenvalue weighted by Gasteiger charge is -2.16. The van der Waals surface area contributed by atoms with Gasteiger partial charge in [0.1, 0.15) is 17.5 Å². The van der Waals surface area contributed by atoms with Crippen molar-refractivity contribution in [3.05, 3.63) is 59.8 Å². The molecule has 0 saturated heterocycles. The molecule has 6 heteroatoms. The van der Waals surface area contributed by atoms with E-state index in [1.165, 1.54) is 7.11 Å². The first-order valence-electron chi connectivity index (χ1n) is 7.66. The van der Waals surface area contributed by atoms with Crippen LogP contribution in [-0.4, -0.2) is 25.1 Å². The van der Waals surface area contributed by atoms with Crippen molar-refractivity contribution in [3.8, 4) is 17.6 Å². The zero-order chi connectivity index (χ0) is 17.8. The second-order valence-electron chi connectivity index (χ2n) is 5.42. The number of carbonyl (C=O) groups excluding carboxylic acids is 1. The number of hydrogen-bond acceptors (Lipinski definition) is 4. The van der Waals surface area contributed by atoms with E-state index in [1.807, 2.05) is 18.3 Å². The van der Waals surface area contributed by atoms with Gasteiger partial charge in [0.25, 0.3) is 5.91 Å². The Morgan fingerprint density at radius 1 is 1.16 bits per heavy atom. The van der Waals surface area contributed by atoms with Crippen LogP contribution in [0.1, 0.15) is 22.0 Å². The van der Waals surface area contributed by atoms with Crippen molar-refractivity contribution in [1.29, 1.82) is 5.26 Å². The second-order valence-corrected chi connectivity index (χ2v) is 5.42. The molecule has 6 nitrogen and oxygen atoms in total. The highest BCUT2D eigenvalue weighted by Gasteiger charge is 2.19. The molecule has 1 heterocycles. The Morgan fingerprint density at radius 2 is 2.00 bits per heavy atom. The predicted molar refractivity (Wildman–Crippen MR) is 93.7 cm³/mol. The SMILES string of the molecule is COc1ccc([C@@H](C#N)NC(=O)c2ccc3[nH]ccc3c2)c(OC)c1. The van der Waals surface area contributed by atoms with Gasteiger partial charge in [-0.05, 0) is 36.4 Å². The number of hydrogen-bond donors (Lipinski definition) is 2. The third-order valence-corrected chi connectivity index (χ3v) is 3.97. The van der Waals surface area contributed by atoms with Crippen LogP contribution in [0.5, 0.6) is 11.5 Å². The number of aromatic nitrogens is 1. The zero-order valence-electron chi connectivity index (χ0n) is 13.9. The molecule has 1 atom stereocenters. The topological polar surface area (TPSA) is 87.1 Å². The summed E-state index contributed by atoms with van der Waals surface area (Å²) in [5.74, 6) is 0.765. The smallest absolute Gasteiger partial charge is 0.252 e. The molecular weight excluding hydrogens is 318 g/mol. The highest BCUT2D eigenvalue weighted by Crippen LogP contribution is 2.29. The van der Waals surface area contributed by atoms with Crippen LogP contribution >= 0.6 is 0 Å². The molecule has 0 radical (unpaired) electrons. The molecular formula is C19H17N3O3. The quantitative estimate of drug-likeness (QED) is 0.750. The van der Waals surface area contributed by atoms with Crippen molar-refractivity contribution in [1.82, 2.24) is 10.3 Å². The summed E-state index contributed by atoms with van der Waals surface area (Å²) in [5.41, 5.74) is 2.01. The van der Waals surface area contributed by atoms with Crippen LogP contribution in [0.3, 0.4) is 0 Å². The Bertz CT molecular complexity index is 956. The second kappa shape index (κ2) is 6.97. The summed E-state index contributed by atoms with van der Waals surface area (Å²) in [6, 6.07) is 13.6. The van der Waals surface area contributed by atoms with E-state index in [1.54, 1.807) is 37.4 Å². The third-order valence-electron chi connectivity index (χ3n) is 3.97. The number of nitrogens with zero attached hydrogens (tertiary/aromatic N) is 1. The first-order chi connectivity index (χ1) is 12.2. The van der Waals surface area contributed by atoms with Crippen molar-refractivity contribution >= 4 is 16.8 Å². The fourth-order valence-corrected chi connectivity index (χ4v) is 2.65. The van der Waals surface area contributed by atoms with Gasteiger partial charge in [-0.25, -0.2) is 0 Å². The number of carbonyl (C=O) groups is 1. The molecule has 0 aliphatic heterocycles. The van der Waals surface area contributed by atoms with Crippen molar-refractivity contribution in [2.45, 2.75) is 6.04 Å². The van der Waals surface area contributed by atoms with Crippen LogP contribution in [-0.2, 0) is 0 Å². The van der Waals surface area contributed by atoms with Crippen LogP contribution in [0.4, 0.5) is 0 Å². The maximum absolute atomic E-state index is 12.5. The number of fused-ring (bicyclic) bond motifs is 1. The summed E-state index contributed by atoms with van der Waals surface area (Å²) in [4.78, 5) is 15.6.